The van der Waals surface area contributed by atoms with Gasteiger partial charge in [-0.25, -0.2) is 13.2 Å². The summed E-state index contributed by atoms with van der Waals surface area (Å²) in [6.45, 7) is 9.14. The first-order chi connectivity index (χ1) is 13.6. The minimum atomic E-state index is -3.74. The number of hydrogen-bond donors (Lipinski definition) is 0. The molecule has 2 unspecified atom stereocenters. The van der Waals surface area contributed by atoms with E-state index in [2.05, 4.69) is 13.8 Å². The number of hydrogen-bond acceptors (Lipinski definition) is 5. The van der Waals surface area contributed by atoms with Crippen LogP contribution in [0.25, 0.3) is 0 Å². The second kappa shape index (κ2) is 9.91. The fraction of sp³-hybridized carbons (Fsp3) is 0.600. The van der Waals surface area contributed by atoms with E-state index in [1.165, 1.54) is 22.5 Å². The number of esters is 1. The number of benzene rings is 1. The van der Waals surface area contributed by atoms with Gasteiger partial charge in [0, 0.05) is 26.2 Å². The summed E-state index contributed by atoms with van der Waals surface area (Å²) in [7, 11) is -3.74. The van der Waals surface area contributed by atoms with Gasteiger partial charge in [0.05, 0.1) is 15.5 Å². The Labute approximate surface area is 178 Å². The number of carbonyl (C=O) groups excluding carboxylic acids is 2. The molecule has 0 bridgehead atoms. The van der Waals surface area contributed by atoms with Crippen LogP contribution in [0, 0.1) is 11.8 Å². The van der Waals surface area contributed by atoms with E-state index < -0.39 is 22.6 Å². The summed E-state index contributed by atoms with van der Waals surface area (Å²) in [5.74, 6) is -0.289. The number of amides is 1. The van der Waals surface area contributed by atoms with Crippen molar-refractivity contribution in [3.8, 4) is 0 Å². The molecule has 1 aromatic rings. The van der Waals surface area contributed by atoms with E-state index in [4.69, 9.17) is 16.3 Å². The van der Waals surface area contributed by atoms with Gasteiger partial charge in [0.2, 0.25) is 10.0 Å². The summed E-state index contributed by atoms with van der Waals surface area (Å²) in [5.41, 5.74) is -0.0759. The molecular formula is C20H29ClN2O5S. The molecule has 1 saturated heterocycles. The lowest BCUT2D eigenvalue weighted by Gasteiger charge is -2.34. The Morgan fingerprint density at radius 2 is 1.76 bits per heavy atom. The highest BCUT2D eigenvalue weighted by Gasteiger charge is 2.27. The van der Waals surface area contributed by atoms with E-state index in [1.54, 1.807) is 18.7 Å². The van der Waals surface area contributed by atoms with Gasteiger partial charge >= 0.3 is 5.97 Å². The molecule has 0 spiro atoms. The molecule has 0 radical (unpaired) electrons. The van der Waals surface area contributed by atoms with Crippen LogP contribution < -0.4 is 0 Å². The van der Waals surface area contributed by atoms with Crippen LogP contribution in [0.2, 0.25) is 5.02 Å². The zero-order valence-electron chi connectivity index (χ0n) is 17.4. The third-order valence-corrected chi connectivity index (χ3v) is 7.42. The van der Waals surface area contributed by atoms with Crippen LogP contribution in [0.1, 0.15) is 44.5 Å². The lowest BCUT2D eigenvalue weighted by Crippen LogP contribution is -2.44. The highest BCUT2D eigenvalue weighted by molar-refractivity contribution is 7.89. The number of rotatable bonds is 7. The second-order valence-electron chi connectivity index (χ2n) is 7.55. The van der Waals surface area contributed by atoms with E-state index in [1.807, 2.05) is 0 Å². The van der Waals surface area contributed by atoms with Gasteiger partial charge in [0.15, 0.2) is 6.61 Å². The van der Waals surface area contributed by atoms with Crippen molar-refractivity contribution in [1.29, 1.82) is 0 Å². The Hall–Kier alpha value is -1.64. The number of halogens is 1. The molecule has 2 rings (SSSR count). The normalized spacial score (nSPS) is 20.0. The smallest absolute Gasteiger partial charge is 0.340 e. The van der Waals surface area contributed by atoms with Crippen molar-refractivity contribution in [3.05, 3.63) is 28.8 Å². The molecule has 1 aliphatic rings. The molecule has 162 valence electrons. The predicted molar refractivity (Wildman–Crippen MR) is 111 cm³/mol. The number of likely N-dealkylation sites (tertiary alicyclic amines) is 1. The highest BCUT2D eigenvalue weighted by Crippen LogP contribution is 2.24. The van der Waals surface area contributed by atoms with E-state index in [9.17, 15) is 18.0 Å². The zero-order chi connectivity index (χ0) is 21.8. The van der Waals surface area contributed by atoms with Gasteiger partial charge in [-0.3, -0.25) is 4.79 Å². The van der Waals surface area contributed by atoms with Gasteiger partial charge in [0.1, 0.15) is 0 Å². The largest absolute Gasteiger partial charge is 0.452 e. The van der Waals surface area contributed by atoms with Crippen molar-refractivity contribution in [3.63, 3.8) is 0 Å². The molecule has 2 atom stereocenters. The SMILES string of the molecule is CCN(CC)S(=O)(=O)c1ccc(Cl)c(C(=O)OCC(=O)N2CC(C)CC(C)C2)c1. The Bertz CT molecular complexity index is 844. The summed E-state index contributed by atoms with van der Waals surface area (Å²) >= 11 is 6.09. The van der Waals surface area contributed by atoms with E-state index in [0.29, 0.717) is 38.0 Å². The Morgan fingerprint density at radius 1 is 1.17 bits per heavy atom. The fourth-order valence-corrected chi connectivity index (χ4v) is 5.38. The average Bonchev–Trinajstić information content (AvgIpc) is 2.66. The molecule has 29 heavy (non-hydrogen) atoms. The summed E-state index contributed by atoms with van der Waals surface area (Å²) < 4.78 is 31.8. The molecule has 1 amide bonds. The van der Waals surface area contributed by atoms with Gasteiger partial charge in [-0.15, -0.1) is 0 Å². The first kappa shape index (κ1) is 23.6. The van der Waals surface area contributed by atoms with Crippen LogP contribution in [0.15, 0.2) is 23.1 Å². The van der Waals surface area contributed by atoms with Crippen molar-refractivity contribution in [1.82, 2.24) is 9.21 Å². The Morgan fingerprint density at radius 3 is 2.31 bits per heavy atom. The van der Waals surface area contributed by atoms with Gasteiger partial charge in [-0.05, 0) is 36.5 Å². The van der Waals surface area contributed by atoms with Crippen LogP contribution >= 0.6 is 11.6 Å². The van der Waals surface area contributed by atoms with Crippen molar-refractivity contribution in [2.24, 2.45) is 11.8 Å². The zero-order valence-corrected chi connectivity index (χ0v) is 18.9. The molecule has 1 fully saturated rings. The number of piperidine rings is 1. The molecule has 0 aliphatic carbocycles. The molecular weight excluding hydrogens is 416 g/mol. The molecule has 1 aromatic carbocycles. The summed E-state index contributed by atoms with van der Waals surface area (Å²) in [5, 5.41) is 0.0705. The predicted octanol–water partition coefficient (Wildman–Crippen LogP) is 3.03. The third kappa shape index (κ3) is 5.71. The minimum Gasteiger partial charge on any atom is -0.452 e. The number of nitrogens with zero attached hydrogens (tertiary/aromatic N) is 2. The second-order valence-corrected chi connectivity index (χ2v) is 9.90. The van der Waals surface area contributed by atoms with Crippen LogP contribution in [-0.4, -0.2) is 62.3 Å². The van der Waals surface area contributed by atoms with E-state index in [-0.39, 0.29) is 21.4 Å². The molecule has 1 aliphatic heterocycles. The molecule has 0 saturated carbocycles. The maximum absolute atomic E-state index is 12.7. The van der Waals surface area contributed by atoms with Crippen molar-refractivity contribution < 1.29 is 22.7 Å². The van der Waals surface area contributed by atoms with Gasteiger partial charge in [-0.2, -0.15) is 4.31 Å². The summed E-state index contributed by atoms with van der Waals surface area (Å²) in [4.78, 5) is 26.6. The van der Waals surface area contributed by atoms with Crippen LogP contribution in [-0.2, 0) is 19.6 Å². The van der Waals surface area contributed by atoms with E-state index in [0.717, 1.165) is 6.42 Å². The first-order valence-corrected chi connectivity index (χ1v) is 11.7. The topological polar surface area (TPSA) is 84.0 Å². The average molecular weight is 445 g/mol. The molecule has 1 heterocycles. The molecule has 7 nitrogen and oxygen atoms in total. The first-order valence-electron chi connectivity index (χ1n) is 9.84. The number of ether oxygens (including phenoxy) is 1. The number of carbonyl (C=O) groups is 2. The Balaban J connectivity index is 2.12. The third-order valence-electron chi connectivity index (χ3n) is 5.05. The summed E-state index contributed by atoms with van der Waals surface area (Å²) in [6.07, 6.45) is 1.06. The molecule has 9 heteroatoms. The van der Waals surface area contributed by atoms with E-state index >= 15 is 0 Å². The van der Waals surface area contributed by atoms with Gasteiger partial charge in [0.25, 0.3) is 5.91 Å². The van der Waals surface area contributed by atoms with Gasteiger partial charge in [-0.1, -0.05) is 39.3 Å². The molecule has 0 aromatic heterocycles. The summed E-state index contributed by atoms with van der Waals surface area (Å²) in [6, 6.07) is 3.91. The lowest BCUT2D eigenvalue weighted by molar-refractivity contribution is -0.137. The Kier molecular flexibility index (Phi) is 8.08. The van der Waals surface area contributed by atoms with Crippen LogP contribution in [0.3, 0.4) is 0 Å². The van der Waals surface area contributed by atoms with Crippen LogP contribution in [0.5, 0.6) is 0 Å². The standard InChI is InChI=1S/C20H29ClN2O5S/c1-5-23(6-2)29(26,27)16-7-8-18(21)17(10-16)20(25)28-13-19(24)22-11-14(3)9-15(4)12-22/h7-8,10,14-15H,5-6,9,11-13H2,1-4H3. The van der Waals surface area contributed by atoms with Crippen LogP contribution in [0.4, 0.5) is 0 Å². The van der Waals surface area contributed by atoms with Crippen molar-refractivity contribution >= 4 is 33.5 Å². The van der Waals surface area contributed by atoms with Crippen molar-refractivity contribution in [2.45, 2.75) is 39.0 Å². The lowest BCUT2D eigenvalue weighted by atomic mass is 9.92. The maximum Gasteiger partial charge on any atom is 0.340 e. The van der Waals surface area contributed by atoms with Gasteiger partial charge < -0.3 is 9.64 Å². The highest BCUT2D eigenvalue weighted by atomic mass is 35.5. The molecule has 0 N–H and O–H groups in total. The monoisotopic (exact) mass is 444 g/mol. The minimum absolute atomic E-state index is 0.0393. The fourth-order valence-electron chi connectivity index (χ4n) is 3.70. The van der Waals surface area contributed by atoms with Crippen molar-refractivity contribution in [2.75, 3.05) is 32.8 Å². The number of sulfonamides is 1. The quantitative estimate of drug-likeness (QED) is 0.603. The maximum atomic E-state index is 12.7.